The van der Waals surface area contributed by atoms with Gasteiger partial charge in [-0.25, -0.2) is 9.98 Å². The number of hydrogen-bond donors (Lipinski definition) is 0. The number of thioether (sulfide) groups is 1. The molecule has 27 heavy (non-hydrogen) atoms. The number of benzene rings is 1. The van der Waals surface area contributed by atoms with Crippen LogP contribution >= 0.6 is 11.8 Å². The largest absolute Gasteiger partial charge is 0.490 e. The number of likely N-dealkylation sites (N-methyl/N-ethyl adjacent to an activating group) is 1. The highest BCUT2D eigenvalue weighted by molar-refractivity contribution is 8.18. The number of amides is 1. The summed E-state index contributed by atoms with van der Waals surface area (Å²) in [6.07, 6.45) is 3.58. The van der Waals surface area contributed by atoms with Crippen molar-refractivity contribution in [3.63, 3.8) is 0 Å². The smallest absolute Gasteiger partial charge is 0.266 e. The van der Waals surface area contributed by atoms with Crippen LogP contribution in [0.5, 0.6) is 5.75 Å². The molecule has 5 nitrogen and oxygen atoms in total. The fourth-order valence-corrected chi connectivity index (χ4v) is 3.58. The molecule has 1 saturated heterocycles. The summed E-state index contributed by atoms with van der Waals surface area (Å²) in [6.45, 7) is 8.51. The second kappa shape index (κ2) is 8.68. The van der Waals surface area contributed by atoms with E-state index in [0.717, 1.165) is 17.0 Å². The number of pyridine rings is 1. The first-order valence-corrected chi connectivity index (χ1v) is 9.50. The Balaban J connectivity index is 1.83. The molecule has 0 bridgehead atoms. The molecule has 1 aromatic heterocycles. The van der Waals surface area contributed by atoms with Crippen LogP contribution in [0.4, 0.5) is 5.82 Å². The molecule has 1 aromatic carbocycles. The first kappa shape index (κ1) is 18.9. The van der Waals surface area contributed by atoms with Gasteiger partial charge in [-0.1, -0.05) is 30.9 Å². The minimum Gasteiger partial charge on any atom is -0.490 e. The first-order valence-electron chi connectivity index (χ1n) is 8.68. The van der Waals surface area contributed by atoms with Gasteiger partial charge in [0.25, 0.3) is 5.91 Å². The lowest BCUT2D eigenvalue weighted by Crippen LogP contribution is -2.28. The van der Waals surface area contributed by atoms with Crippen LogP contribution in [0.3, 0.4) is 0 Å². The van der Waals surface area contributed by atoms with Gasteiger partial charge in [0.15, 0.2) is 11.0 Å². The number of aromatic nitrogens is 1. The number of hydrogen-bond acceptors (Lipinski definition) is 5. The molecule has 0 radical (unpaired) electrons. The van der Waals surface area contributed by atoms with Crippen LogP contribution in [-0.2, 0) is 4.79 Å². The second-order valence-electron chi connectivity index (χ2n) is 5.86. The SMILES string of the molecule is C=CCOc1ccc(/C=C2\S/C(=N/c3cccc(C)n3)N(CC)C2=O)cc1. The Morgan fingerprint density at radius 3 is 2.70 bits per heavy atom. The molecule has 1 amide bonds. The van der Waals surface area contributed by atoms with E-state index in [9.17, 15) is 4.79 Å². The highest BCUT2D eigenvalue weighted by Gasteiger charge is 2.32. The molecular formula is C21H21N3O2S. The van der Waals surface area contributed by atoms with E-state index < -0.39 is 0 Å². The molecule has 2 aromatic rings. The van der Waals surface area contributed by atoms with Gasteiger partial charge in [0.2, 0.25) is 0 Å². The van der Waals surface area contributed by atoms with Gasteiger partial charge < -0.3 is 4.74 Å². The highest BCUT2D eigenvalue weighted by Crippen LogP contribution is 2.33. The van der Waals surface area contributed by atoms with Gasteiger partial charge in [-0.05, 0) is 61.5 Å². The van der Waals surface area contributed by atoms with E-state index in [-0.39, 0.29) is 5.91 Å². The molecule has 6 heteroatoms. The molecule has 0 aliphatic carbocycles. The fraction of sp³-hybridized carbons (Fsp3) is 0.190. The van der Waals surface area contributed by atoms with Crippen molar-refractivity contribution < 1.29 is 9.53 Å². The van der Waals surface area contributed by atoms with Gasteiger partial charge in [-0.3, -0.25) is 9.69 Å². The fourth-order valence-electron chi connectivity index (χ4n) is 2.53. The Kier molecular flexibility index (Phi) is 6.08. The van der Waals surface area contributed by atoms with Crippen molar-refractivity contribution in [2.75, 3.05) is 13.2 Å². The Labute approximate surface area is 163 Å². The van der Waals surface area contributed by atoms with Gasteiger partial charge in [-0.2, -0.15) is 0 Å². The monoisotopic (exact) mass is 379 g/mol. The van der Waals surface area contributed by atoms with Crippen LogP contribution in [-0.4, -0.2) is 34.1 Å². The maximum Gasteiger partial charge on any atom is 0.266 e. The summed E-state index contributed by atoms with van der Waals surface area (Å²) >= 11 is 1.37. The van der Waals surface area contributed by atoms with E-state index in [1.807, 2.05) is 62.4 Å². The number of carbonyl (C=O) groups excluding carboxylic acids is 1. The van der Waals surface area contributed by atoms with Gasteiger partial charge in [-0.15, -0.1) is 0 Å². The summed E-state index contributed by atoms with van der Waals surface area (Å²) in [4.78, 5) is 24.0. The predicted octanol–water partition coefficient (Wildman–Crippen LogP) is 4.58. The zero-order valence-corrected chi connectivity index (χ0v) is 16.2. The van der Waals surface area contributed by atoms with Crippen molar-refractivity contribution in [1.29, 1.82) is 0 Å². The minimum atomic E-state index is -0.0408. The first-order chi connectivity index (χ1) is 13.1. The van der Waals surface area contributed by atoms with E-state index in [1.165, 1.54) is 11.8 Å². The number of aryl methyl sites for hydroxylation is 1. The zero-order valence-electron chi connectivity index (χ0n) is 15.4. The summed E-state index contributed by atoms with van der Waals surface area (Å²) in [5.41, 5.74) is 1.83. The molecule has 0 N–H and O–H groups in total. The third-order valence-electron chi connectivity index (χ3n) is 3.83. The van der Waals surface area contributed by atoms with Crippen molar-refractivity contribution in [3.05, 3.63) is 71.3 Å². The highest BCUT2D eigenvalue weighted by atomic mass is 32.2. The maximum absolute atomic E-state index is 12.7. The van der Waals surface area contributed by atoms with Crippen molar-refractivity contribution in [2.24, 2.45) is 4.99 Å². The van der Waals surface area contributed by atoms with Crippen LogP contribution in [0.15, 0.2) is 65.0 Å². The summed E-state index contributed by atoms with van der Waals surface area (Å²) in [6, 6.07) is 13.3. The lowest BCUT2D eigenvalue weighted by atomic mass is 10.2. The number of nitrogens with zero attached hydrogens (tertiary/aromatic N) is 3. The Morgan fingerprint density at radius 1 is 1.26 bits per heavy atom. The van der Waals surface area contributed by atoms with Crippen molar-refractivity contribution in [3.8, 4) is 5.75 Å². The molecular weight excluding hydrogens is 358 g/mol. The lowest BCUT2D eigenvalue weighted by Gasteiger charge is -2.11. The van der Waals surface area contributed by atoms with Gasteiger partial charge >= 0.3 is 0 Å². The van der Waals surface area contributed by atoms with Gasteiger partial charge in [0, 0.05) is 12.2 Å². The Hall–Kier alpha value is -2.86. The molecule has 1 aliphatic heterocycles. The van der Waals surface area contributed by atoms with Crippen LogP contribution in [0.2, 0.25) is 0 Å². The standard InChI is InChI=1S/C21H21N3O2S/c1-4-13-26-17-11-9-16(10-12-17)14-18-20(25)24(5-2)21(27-18)23-19-8-6-7-15(3)22-19/h4,6-12,14H,1,5,13H2,2-3H3/b18-14-,23-21+. The third kappa shape index (κ3) is 4.65. The number of rotatable bonds is 6. The summed E-state index contributed by atoms with van der Waals surface area (Å²) in [5.74, 6) is 1.33. The molecule has 0 saturated carbocycles. The third-order valence-corrected chi connectivity index (χ3v) is 4.84. The number of carbonyl (C=O) groups is 1. The normalized spacial score (nSPS) is 17.0. The van der Waals surface area contributed by atoms with E-state index in [2.05, 4.69) is 16.6 Å². The van der Waals surface area contributed by atoms with E-state index in [1.54, 1.807) is 11.0 Å². The van der Waals surface area contributed by atoms with Crippen LogP contribution in [0, 0.1) is 6.92 Å². The van der Waals surface area contributed by atoms with Gasteiger partial charge in [0.1, 0.15) is 12.4 Å². The zero-order chi connectivity index (χ0) is 19.2. The van der Waals surface area contributed by atoms with Crippen LogP contribution < -0.4 is 4.74 Å². The molecule has 3 rings (SSSR count). The van der Waals surface area contributed by atoms with Crippen molar-refractivity contribution in [1.82, 2.24) is 9.88 Å². The number of ether oxygens (including phenoxy) is 1. The van der Waals surface area contributed by atoms with Crippen LogP contribution in [0.25, 0.3) is 6.08 Å². The molecule has 1 fully saturated rings. The van der Waals surface area contributed by atoms with E-state index in [0.29, 0.717) is 29.0 Å². The molecule has 0 atom stereocenters. The Morgan fingerprint density at radius 2 is 2.04 bits per heavy atom. The van der Waals surface area contributed by atoms with Crippen molar-refractivity contribution in [2.45, 2.75) is 13.8 Å². The minimum absolute atomic E-state index is 0.0408. The Bertz CT molecular complexity index is 904. The lowest BCUT2D eigenvalue weighted by molar-refractivity contribution is -0.122. The van der Waals surface area contributed by atoms with E-state index >= 15 is 0 Å². The van der Waals surface area contributed by atoms with E-state index in [4.69, 9.17) is 4.74 Å². The molecule has 0 unspecified atom stereocenters. The maximum atomic E-state index is 12.7. The summed E-state index contributed by atoms with van der Waals surface area (Å²) < 4.78 is 5.48. The molecule has 138 valence electrons. The summed E-state index contributed by atoms with van der Waals surface area (Å²) in [7, 11) is 0. The molecule has 0 spiro atoms. The number of aliphatic imine (C=N–C) groups is 1. The van der Waals surface area contributed by atoms with Gasteiger partial charge in [0.05, 0.1) is 4.91 Å². The molecule has 1 aliphatic rings. The average Bonchev–Trinajstić information content (AvgIpc) is 2.95. The predicted molar refractivity (Wildman–Crippen MR) is 111 cm³/mol. The van der Waals surface area contributed by atoms with Crippen molar-refractivity contribution >= 4 is 34.7 Å². The average molecular weight is 379 g/mol. The quantitative estimate of drug-likeness (QED) is 0.545. The summed E-state index contributed by atoms with van der Waals surface area (Å²) in [5, 5.41) is 0.651. The molecule has 2 heterocycles. The second-order valence-corrected chi connectivity index (χ2v) is 6.87. The van der Waals surface area contributed by atoms with Crippen LogP contribution in [0.1, 0.15) is 18.2 Å². The topological polar surface area (TPSA) is 54.8 Å². The number of amidine groups is 1.